The zero-order valence-electron chi connectivity index (χ0n) is 7.46. The first-order valence-corrected chi connectivity index (χ1v) is 6.81. The maximum absolute atomic E-state index is 11.2. The van der Waals surface area contributed by atoms with Crippen LogP contribution in [0.5, 0.6) is 0 Å². The van der Waals surface area contributed by atoms with Crippen LogP contribution in [-0.4, -0.2) is 33.5 Å². The van der Waals surface area contributed by atoms with Crippen LogP contribution in [0.3, 0.4) is 0 Å². The molecule has 0 spiro atoms. The smallest absolute Gasteiger partial charge is 0.303 e. The number of nitrogens with zero attached hydrogens (tertiary/aromatic N) is 1. The van der Waals surface area contributed by atoms with Gasteiger partial charge in [-0.05, 0) is 0 Å². The molecule has 2 aliphatic rings. The molecule has 1 fully saturated rings. The van der Waals surface area contributed by atoms with Crippen molar-refractivity contribution >= 4 is 35.3 Å². The summed E-state index contributed by atoms with van der Waals surface area (Å²) in [5.74, 6) is 0.808. The van der Waals surface area contributed by atoms with Crippen molar-refractivity contribution in [3.05, 3.63) is 12.3 Å². The van der Waals surface area contributed by atoms with Gasteiger partial charge >= 0.3 is 6.47 Å². The van der Waals surface area contributed by atoms with Gasteiger partial charge in [-0.15, -0.1) is 0 Å². The predicted molar refractivity (Wildman–Crippen MR) is 57.9 cm³/mol. The summed E-state index contributed by atoms with van der Waals surface area (Å²) >= 11 is 4.23. The molecule has 0 radical (unpaired) electrons. The van der Waals surface area contributed by atoms with Gasteiger partial charge in [0.15, 0.2) is 0 Å². The fourth-order valence-corrected chi connectivity index (χ4v) is 5.12. The van der Waals surface area contributed by atoms with Crippen molar-refractivity contribution in [1.29, 1.82) is 0 Å². The van der Waals surface area contributed by atoms with E-state index in [0.717, 1.165) is 0 Å². The van der Waals surface area contributed by atoms with Crippen molar-refractivity contribution in [2.75, 3.05) is 10.8 Å². The summed E-state index contributed by atoms with van der Waals surface area (Å²) in [4.78, 5) is 23.3. The number of rotatable bonds is 3. The topological polar surface area (TPSA) is 46.6 Å². The molecule has 78 valence electrons. The van der Waals surface area contributed by atoms with E-state index in [-0.39, 0.29) is 11.3 Å². The lowest BCUT2D eigenvalue weighted by molar-refractivity contribution is -0.138. The molecule has 0 saturated carbocycles. The third-order valence-corrected chi connectivity index (χ3v) is 6.89. The van der Waals surface area contributed by atoms with Gasteiger partial charge in [0, 0.05) is 12.0 Å². The lowest BCUT2D eigenvalue weighted by Gasteiger charge is -2.53. The standard InChI is InChI=1S/C8H11NO3S2/c10-5-12-14(6-13)3-1-2-9-7(11)4-8(9)14/h1-2,5,8,13H,3-4,6H2. The van der Waals surface area contributed by atoms with E-state index in [2.05, 4.69) is 12.6 Å². The van der Waals surface area contributed by atoms with E-state index in [1.54, 1.807) is 11.1 Å². The number of carbonyl (C=O) groups excluding carboxylic acids is 2. The Morgan fingerprint density at radius 2 is 2.57 bits per heavy atom. The van der Waals surface area contributed by atoms with Crippen LogP contribution in [0.15, 0.2) is 12.3 Å². The number of carbonyl (C=O) groups is 2. The minimum absolute atomic E-state index is 0.0581. The number of β-lactam (4-membered cyclic amide) rings is 1. The highest BCUT2D eigenvalue weighted by Gasteiger charge is 2.49. The maximum Gasteiger partial charge on any atom is 0.303 e. The Balaban J connectivity index is 2.23. The van der Waals surface area contributed by atoms with Crippen LogP contribution in [0, 0.1) is 0 Å². The molecule has 2 unspecified atom stereocenters. The zero-order valence-corrected chi connectivity index (χ0v) is 9.17. The minimum atomic E-state index is -1.55. The van der Waals surface area contributed by atoms with E-state index in [9.17, 15) is 9.59 Å². The summed E-state index contributed by atoms with van der Waals surface area (Å²) in [6.45, 7) is 0.478. The van der Waals surface area contributed by atoms with Gasteiger partial charge in [0.05, 0.1) is 11.5 Å². The van der Waals surface area contributed by atoms with E-state index >= 15 is 0 Å². The highest BCUT2D eigenvalue weighted by atomic mass is 32.3. The first-order chi connectivity index (χ1) is 6.73. The van der Waals surface area contributed by atoms with Crippen LogP contribution in [0.25, 0.3) is 0 Å². The highest BCUT2D eigenvalue weighted by molar-refractivity contribution is 8.35. The van der Waals surface area contributed by atoms with Crippen LogP contribution in [0.4, 0.5) is 0 Å². The number of thiol groups is 1. The Labute approximate surface area is 89.2 Å². The Kier molecular flexibility index (Phi) is 2.48. The molecule has 0 N–H and O–H groups in total. The average Bonchev–Trinajstić information content (AvgIpc) is 2.19. The summed E-state index contributed by atoms with van der Waals surface area (Å²) in [6, 6.07) is 0. The molecule has 4 nitrogen and oxygen atoms in total. The number of hydrogen-bond donors (Lipinski definition) is 1. The number of fused-ring (bicyclic) bond motifs is 1. The lowest BCUT2D eigenvalue weighted by Crippen LogP contribution is -2.54. The molecule has 1 amide bonds. The largest absolute Gasteiger partial charge is 0.415 e. The van der Waals surface area contributed by atoms with Crippen molar-refractivity contribution in [2.45, 2.75) is 11.8 Å². The van der Waals surface area contributed by atoms with E-state index in [1.165, 1.54) is 0 Å². The summed E-state index contributed by atoms with van der Waals surface area (Å²) in [5, 5.41) is 0.576. The maximum atomic E-state index is 11.2. The van der Waals surface area contributed by atoms with Crippen molar-refractivity contribution in [1.82, 2.24) is 4.90 Å². The van der Waals surface area contributed by atoms with Gasteiger partial charge in [0.2, 0.25) is 5.91 Å². The molecule has 0 aromatic rings. The summed E-state index contributed by atoms with van der Waals surface area (Å²) < 4.78 is 5.18. The van der Waals surface area contributed by atoms with Crippen LogP contribution in [-0.2, 0) is 13.8 Å². The van der Waals surface area contributed by atoms with Crippen LogP contribution < -0.4 is 0 Å². The summed E-state index contributed by atoms with van der Waals surface area (Å²) in [7, 11) is -1.55. The lowest BCUT2D eigenvalue weighted by atomic mass is 10.2. The van der Waals surface area contributed by atoms with E-state index in [0.29, 0.717) is 23.7 Å². The van der Waals surface area contributed by atoms with Gasteiger partial charge in [-0.2, -0.15) is 12.6 Å². The number of amides is 1. The first-order valence-electron chi connectivity index (χ1n) is 4.21. The second kappa shape index (κ2) is 3.51. The molecule has 2 aliphatic heterocycles. The molecule has 6 heteroatoms. The second-order valence-electron chi connectivity index (χ2n) is 3.20. The van der Waals surface area contributed by atoms with Crippen LogP contribution in [0.1, 0.15) is 6.42 Å². The molecule has 0 bridgehead atoms. The molecule has 0 aromatic heterocycles. The molecule has 2 atom stereocenters. The van der Waals surface area contributed by atoms with Gasteiger partial charge in [0.25, 0.3) is 0 Å². The monoisotopic (exact) mass is 233 g/mol. The molecule has 14 heavy (non-hydrogen) atoms. The van der Waals surface area contributed by atoms with E-state index in [4.69, 9.17) is 4.18 Å². The Bertz CT molecular complexity index is 307. The fourth-order valence-electron chi connectivity index (χ4n) is 1.72. The molecule has 1 saturated heterocycles. The molecule has 0 aliphatic carbocycles. The van der Waals surface area contributed by atoms with Gasteiger partial charge in [-0.1, -0.05) is 16.4 Å². The van der Waals surface area contributed by atoms with Gasteiger partial charge in [-0.25, -0.2) is 0 Å². The molecule has 2 heterocycles. The Morgan fingerprint density at radius 1 is 1.79 bits per heavy atom. The SMILES string of the molecule is O=COS1(CS)CC=CN2C(=O)CC21. The van der Waals surface area contributed by atoms with E-state index in [1.807, 2.05) is 6.08 Å². The normalized spacial score (nSPS) is 39.4. The van der Waals surface area contributed by atoms with Crippen molar-refractivity contribution in [3.8, 4) is 0 Å². The quantitative estimate of drug-likeness (QED) is 0.446. The predicted octanol–water partition coefficient (Wildman–Crippen LogP) is 0.852. The van der Waals surface area contributed by atoms with Crippen LogP contribution in [0.2, 0.25) is 0 Å². The molecular weight excluding hydrogens is 222 g/mol. The van der Waals surface area contributed by atoms with Gasteiger partial charge in [0.1, 0.15) is 5.37 Å². The Hall–Kier alpha value is -0.620. The van der Waals surface area contributed by atoms with E-state index < -0.39 is 10.3 Å². The molecular formula is C8H11NO3S2. The van der Waals surface area contributed by atoms with Crippen molar-refractivity contribution in [2.24, 2.45) is 0 Å². The average molecular weight is 233 g/mol. The first kappa shape index (κ1) is 9.92. The fraction of sp³-hybridized carbons (Fsp3) is 0.500. The van der Waals surface area contributed by atoms with Crippen LogP contribution >= 0.6 is 22.9 Å². The third-order valence-electron chi connectivity index (χ3n) is 2.54. The summed E-state index contributed by atoms with van der Waals surface area (Å²) in [5.41, 5.74) is 0. The van der Waals surface area contributed by atoms with Gasteiger partial charge in [-0.3, -0.25) is 9.59 Å². The number of hydrogen-bond acceptors (Lipinski definition) is 4. The minimum Gasteiger partial charge on any atom is -0.415 e. The van der Waals surface area contributed by atoms with Gasteiger partial charge < -0.3 is 9.08 Å². The van der Waals surface area contributed by atoms with Crippen molar-refractivity contribution < 1.29 is 13.8 Å². The third kappa shape index (κ3) is 1.25. The zero-order chi connectivity index (χ0) is 10.2. The second-order valence-corrected chi connectivity index (χ2v) is 7.04. The van der Waals surface area contributed by atoms with Crippen molar-refractivity contribution in [3.63, 3.8) is 0 Å². The molecule has 2 rings (SSSR count). The Morgan fingerprint density at radius 3 is 3.14 bits per heavy atom. The highest BCUT2D eigenvalue weighted by Crippen LogP contribution is 2.60. The summed E-state index contributed by atoms with van der Waals surface area (Å²) in [6.07, 6.45) is 4.13. The molecule has 0 aromatic carbocycles.